The van der Waals surface area contributed by atoms with Crippen LogP contribution in [0.15, 0.2) is 63.9 Å². The summed E-state index contributed by atoms with van der Waals surface area (Å²) in [6.07, 6.45) is -1.25. The molecule has 1 saturated heterocycles. The van der Waals surface area contributed by atoms with Crippen LogP contribution < -0.4 is 0 Å². The number of rotatable bonds is 6. The van der Waals surface area contributed by atoms with Crippen LogP contribution in [-0.4, -0.2) is 54.2 Å². The van der Waals surface area contributed by atoms with Crippen LogP contribution >= 0.6 is 0 Å². The van der Waals surface area contributed by atoms with Gasteiger partial charge in [-0.05, 0) is 51.1 Å². The molecule has 1 aliphatic rings. The van der Waals surface area contributed by atoms with Crippen molar-refractivity contribution in [3.8, 4) is 11.5 Å². The van der Waals surface area contributed by atoms with Gasteiger partial charge in [0.05, 0.1) is 22.7 Å². The fraction of sp³-hybridized carbons (Fsp3) is 0.348. The minimum absolute atomic E-state index is 0.0232. The number of morpholine rings is 1. The van der Waals surface area contributed by atoms with E-state index in [0.29, 0.717) is 5.89 Å². The van der Waals surface area contributed by atoms with Crippen molar-refractivity contribution in [2.24, 2.45) is 0 Å². The van der Waals surface area contributed by atoms with Gasteiger partial charge >= 0.3 is 5.97 Å². The predicted octanol–water partition coefficient (Wildman–Crippen LogP) is 3.45. The lowest BCUT2D eigenvalue weighted by molar-refractivity contribution is -0.0440. The van der Waals surface area contributed by atoms with Crippen LogP contribution in [0.5, 0.6) is 0 Å². The Hall–Kier alpha value is -3.08. The minimum atomic E-state index is -3.79. The Morgan fingerprint density at radius 2 is 1.76 bits per heavy atom. The van der Waals surface area contributed by atoms with E-state index >= 15 is 0 Å². The lowest BCUT2D eigenvalue weighted by Crippen LogP contribution is -2.48. The van der Waals surface area contributed by atoms with Crippen LogP contribution in [0, 0.1) is 0 Å². The van der Waals surface area contributed by atoms with Crippen molar-refractivity contribution < 1.29 is 27.1 Å². The van der Waals surface area contributed by atoms with Crippen molar-refractivity contribution in [1.29, 1.82) is 0 Å². The first-order chi connectivity index (χ1) is 15.7. The van der Waals surface area contributed by atoms with Gasteiger partial charge in [0.2, 0.25) is 15.9 Å². The van der Waals surface area contributed by atoms with Crippen LogP contribution in [0.4, 0.5) is 0 Å². The molecule has 2 heterocycles. The lowest BCUT2D eigenvalue weighted by atomic mass is 10.2. The van der Waals surface area contributed by atoms with E-state index in [1.807, 2.05) is 44.2 Å². The molecule has 9 nitrogen and oxygen atoms in total. The molecule has 0 radical (unpaired) electrons. The second-order valence-electron chi connectivity index (χ2n) is 7.97. The Labute approximate surface area is 192 Å². The summed E-state index contributed by atoms with van der Waals surface area (Å²) in [7, 11) is -3.79. The molecular weight excluding hydrogens is 446 g/mol. The first kappa shape index (κ1) is 23.1. The normalized spacial score (nSPS) is 20.3. The number of esters is 1. The van der Waals surface area contributed by atoms with Gasteiger partial charge in [-0.2, -0.15) is 4.31 Å². The Morgan fingerprint density at radius 3 is 2.45 bits per heavy atom. The first-order valence-corrected chi connectivity index (χ1v) is 12.0. The summed E-state index contributed by atoms with van der Waals surface area (Å²) in [6, 6.07) is 15.0. The number of carbonyl (C=O) groups excluding carboxylic acids is 1. The number of hydrogen-bond donors (Lipinski definition) is 0. The molecule has 0 bridgehead atoms. The Kier molecular flexibility index (Phi) is 6.59. The monoisotopic (exact) mass is 471 g/mol. The molecule has 3 aromatic rings. The van der Waals surface area contributed by atoms with Crippen LogP contribution in [0.25, 0.3) is 11.5 Å². The van der Waals surface area contributed by atoms with Crippen molar-refractivity contribution in [2.45, 2.75) is 44.0 Å². The number of sulfonamides is 1. The highest BCUT2D eigenvalue weighted by Gasteiger charge is 2.32. The molecule has 0 N–H and O–H groups in total. The maximum absolute atomic E-state index is 13.1. The summed E-state index contributed by atoms with van der Waals surface area (Å²) in [5, 5.41) is 7.96. The molecule has 1 aliphatic heterocycles. The number of aromatic nitrogens is 2. The average Bonchev–Trinajstić information content (AvgIpc) is 3.30. The van der Waals surface area contributed by atoms with Crippen molar-refractivity contribution in [1.82, 2.24) is 14.5 Å². The molecule has 0 unspecified atom stereocenters. The number of carbonyl (C=O) groups is 1. The summed E-state index contributed by atoms with van der Waals surface area (Å²) in [6.45, 7) is 5.76. The smallest absolute Gasteiger partial charge is 0.338 e. The van der Waals surface area contributed by atoms with Crippen molar-refractivity contribution in [3.05, 3.63) is 66.1 Å². The van der Waals surface area contributed by atoms with Gasteiger partial charge in [-0.3, -0.25) is 0 Å². The molecule has 1 aromatic heterocycles. The van der Waals surface area contributed by atoms with Gasteiger partial charge in [-0.15, -0.1) is 10.2 Å². The lowest BCUT2D eigenvalue weighted by Gasteiger charge is -2.34. The highest BCUT2D eigenvalue weighted by Crippen LogP contribution is 2.25. The summed E-state index contributed by atoms with van der Waals surface area (Å²) < 4.78 is 44.3. The molecule has 4 rings (SSSR count). The van der Waals surface area contributed by atoms with Gasteiger partial charge in [-0.1, -0.05) is 24.3 Å². The summed E-state index contributed by atoms with van der Waals surface area (Å²) in [5.41, 5.74) is 0.861. The summed E-state index contributed by atoms with van der Waals surface area (Å²) in [4.78, 5) is 12.7. The molecule has 0 saturated carbocycles. The molecule has 0 amide bonds. The molecule has 1 fully saturated rings. The summed E-state index contributed by atoms with van der Waals surface area (Å²) in [5.74, 6) is -0.236. The van der Waals surface area contributed by atoms with E-state index in [1.54, 1.807) is 6.92 Å². The fourth-order valence-corrected chi connectivity index (χ4v) is 5.27. The van der Waals surface area contributed by atoms with Gasteiger partial charge in [0.1, 0.15) is 0 Å². The van der Waals surface area contributed by atoms with Gasteiger partial charge in [0.25, 0.3) is 5.89 Å². The van der Waals surface area contributed by atoms with E-state index in [1.165, 1.54) is 28.6 Å². The molecule has 0 spiro atoms. The molecular formula is C23H25N3O6S. The molecule has 10 heteroatoms. The highest BCUT2D eigenvalue weighted by molar-refractivity contribution is 7.89. The Bertz CT molecular complexity index is 1220. The third-order valence-corrected chi connectivity index (χ3v) is 7.01. The SMILES string of the molecule is C[C@@H]1CN(S(=O)(=O)c2cccc(C(=O)O[C@H](C)c3nnc(-c4ccccc4)o3)c2)C[C@@H](C)O1. The van der Waals surface area contributed by atoms with E-state index in [-0.39, 0.29) is 41.6 Å². The second kappa shape index (κ2) is 9.42. The van der Waals surface area contributed by atoms with Crippen LogP contribution in [0.1, 0.15) is 43.1 Å². The van der Waals surface area contributed by atoms with Gasteiger partial charge in [0, 0.05) is 18.7 Å². The van der Waals surface area contributed by atoms with E-state index < -0.39 is 22.1 Å². The zero-order valence-electron chi connectivity index (χ0n) is 18.5. The van der Waals surface area contributed by atoms with Crippen molar-refractivity contribution in [3.63, 3.8) is 0 Å². The maximum Gasteiger partial charge on any atom is 0.338 e. The number of hydrogen-bond acceptors (Lipinski definition) is 8. The zero-order valence-corrected chi connectivity index (χ0v) is 19.4. The quantitative estimate of drug-likeness (QED) is 0.503. The third kappa shape index (κ3) is 5.13. The Balaban J connectivity index is 1.48. The number of ether oxygens (including phenoxy) is 2. The molecule has 174 valence electrons. The van der Waals surface area contributed by atoms with E-state index in [0.717, 1.165) is 5.56 Å². The third-order valence-electron chi connectivity index (χ3n) is 5.19. The second-order valence-corrected chi connectivity index (χ2v) is 9.90. The van der Waals surface area contributed by atoms with E-state index in [2.05, 4.69) is 10.2 Å². The van der Waals surface area contributed by atoms with Crippen LogP contribution in [-0.2, 0) is 19.5 Å². The largest absolute Gasteiger partial charge is 0.449 e. The fourth-order valence-electron chi connectivity index (χ4n) is 3.63. The topological polar surface area (TPSA) is 112 Å². The van der Waals surface area contributed by atoms with E-state index in [4.69, 9.17) is 13.9 Å². The van der Waals surface area contributed by atoms with Crippen LogP contribution in [0.2, 0.25) is 0 Å². The van der Waals surface area contributed by atoms with Gasteiger partial charge < -0.3 is 13.9 Å². The standard InChI is InChI=1S/C23H25N3O6S/c1-15-13-26(14-16(2)30-15)33(28,29)20-11-7-10-19(12-20)23(27)31-17(3)21-24-25-22(32-21)18-8-5-4-6-9-18/h4-12,15-17H,13-14H2,1-3H3/t15-,16-,17-/m1/s1. The first-order valence-electron chi connectivity index (χ1n) is 10.6. The zero-order chi connectivity index (χ0) is 23.6. The molecule has 33 heavy (non-hydrogen) atoms. The van der Waals surface area contributed by atoms with E-state index in [9.17, 15) is 13.2 Å². The van der Waals surface area contributed by atoms with Crippen LogP contribution in [0.3, 0.4) is 0 Å². The molecule has 0 aliphatic carbocycles. The molecule has 3 atom stereocenters. The van der Waals surface area contributed by atoms with Gasteiger partial charge in [0.15, 0.2) is 6.10 Å². The Morgan fingerprint density at radius 1 is 1.06 bits per heavy atom. The minimum Gasteiger partial charge on any atom is -0.449 e. The van der Waals surface area contributed by atoms with Crippen molar-refractivity contribution >= 4 is 16.0 Å². The van der Waals surface area contributed by atoms with Gasteiger partial charge in [-0.25, -0.2) is 13.2 Å². The molecule has 2 aromatic carbocycles. The highest BCUT2D eigenvalue weighted by atomic mass is 32.2. The maximum atomic E-state index is 13.1. The number of nitrogens with zero attached hydrogens (tertiary/aromatic N) is 3. The van der Waals surface area contributed by atoms with Crippen molar-refractivity contribution in [2.75, 3.05) is 13.1 Å². The number of benzene rings is 2. The predicted molar refractivity (Wildman–Crippen MR) is 119 cm³/mol. The average molecular weight is 472 g/mol. The summed E-state index contributed by atoms with van der Waals surface area (Å²) >= 11 is 0.